The van der Waals surface area contributed by atoms with Gasteiger partial charge in [0.25, 0.3) is 5.91 Å². The molecule has 1 heterocycles. The van der Waals surface area contributed by atoms with Crippen LogP contribution in [0.5, 0.6) is 0 Å². The van der Waals surface area contributed by atoms with Gasteiger partial charge in [0.2, 0.25) is 0 Å². The summed E-state index contributed by atoms with van der Waals surface area (Å²) in [4.78, 5) is 29.7. The van der Waals surface area contributed by atoms with Crippen LogP contribution in [0.3, 0.4) is 0 Å². The zero-order chi connectivity index (χ0) is 20.3. The predicted octanol–water partition coefficient (Wildman–Crippen LogP) is 4.52. The zero-order valence-electron chi connectivity index (χ0n) is 16.6. The van der Waals surface area contributed by atoms with Gasteiger partial charge in [-0.1, -0.05) is 37.3 Å². The monoisotopic (exact) mass is 376 g/mol. The third-order valence-electron chi connectivity index (χ3n) is 4.99. The molecule has 0 radical (unpaired) electrons. The van der Waals surface area contributed by atoms with E-state index in [9.17, 15) is 9.59 Å². The molecule has 3 aromatic rings. The average molecular weight is 376 g/mol. The summed E-state index contributed by atoms with van der Waals surface area (Å²) >= 11 is 0. The van der Waals surface area contributed by atoms with E-state index in [1.165, 1.54) is 0 Å². The van der Waals surface area contributed by atoms with Crippen molar-refractivity contribution in [2.45, 2.75) is 34.1 Å². The fourth-order valence-electron chi connectivity index (χ4n) is 3.24. The van der Waals surface area contributed by atoms with Crippen LogP contribution in [0, 0.1) is 20.8 Å². The number of hydrogen-bond donors (Lipinski definition) is 1. The van der Waals surface area contributed by atoms with Gasteiger partial charge in [-0.05, 0) is 56.0 Å². The van der Waals surface area contributed by atoms with Crippen molar-refractivity contribution in [2.24, 2.45) is 0 Å². The average Bonchev–Trinajstić information content (AvgIpc) is 2.69. The van der Waals surface area contributed by atoms with E-state index in [1.807, 2.05) is 70.2 Å². The highest BCUT2D eigenvalue weighted by Gasteiger charge is 2.19. The molecule has 0 fully saturated rings. The summed E-state index contributed by atoms with van der Waals surface area (Å²) in [6.45, 7) is 7.44. The Bertz CT molecular complexity index is 1060. The Morgan fingerprint density at radius 1 is 1.00 bits per heavy atom. The molecule has 0 saturated heterocycles. The van der Waals surface area contributed by atoms with Gasteiger partial charge < -0.3 is 10.1 Å². The lowest BCUT2D eigenvalue weighted by Gasteiger charge is -2.14. The fourth-order valence-corrected chi connectivity index (χ4v) is 3.24. The number of nitrogens with zero attached hydrogens (tertiary/aromatic N) is 1. The molecule has 1 amide bonds. The molecule has 5 heteroatoms. The van der Waals surface area contributed by atoms with Gasteiger partial charge in [-0.25, -0.2) is 4.79 Å². The Morgan fingerprint density at radius 3 is 2.50 bits per heavy atom. The van der Waals surface area contributed by atoms with Crippen molar-refractivity contribution in [1.82, 2.24) is 4.98 Å². The van der Waals surface area contributed by atoms with E-state index in [2.05, 4.69) is 10.3 Å². The van der Waals surface area contributed by atoms with E-state index in [4.69, 9.17) is 4.74 Å². The molecule has 144 valence electrons. The number of fused-ring (bicyclic) bond motifs is 1. The summed E-state index contributed by atoms with van der Waals surface area (Å²) in [6, 6.07) is 13.2. The second kappa shape index (κ2) is 8.21. The molecule has 0 saturated carbocycles. The third-order valence-corrected chi connectivity index (χ3v) is 4.99. The van der Waals surface area contributed by atoms with E-state index >= 15 is 0 Å². The predicted molar refractivity (Wildman–Crippen MR) is 111 cm³/mol. The first-order valence-corrected chi connectivity index (χ1v) is 9.33. The van der Waals surface area contributed by atoms with E-state index < -0.39 is 5.97 Å². The molecule has 0 unspecified atom stereocenters. The summed E-state index contributed by atoms with van der Waals surface area (Å²) in [7, 11) is 0. The van der Waals surface area contributed by atoms with Crippen molar-refractivity contribution in [3.63, 3.8) is 0 Å². The van der Waals surface area contributed by atoms with Gasteiger partial charge in [0, 0.05) is 16.8 Å². The number of pyridine rings is 1. The van der Waals surface area contributed by atoms with Crippen LogP contribution in [0.25, 0.3) is 10.9 Å². The van der Waals surface area contributed by atoms with Gasteiger partial charge in [-0.15, -0.1) is 0 Å². The molecule has 0 aliphatic carbocycles. The van der Waals surface area contributed by atoms with Crippen LogP contribution in [0.4, 0.5) is 5.69 Å². The van der Waals surface area contributed by atoms with Crippen LogP contribution in [0.2, 0.25) is 0 Å². The number of para-hydroxylation sites is 1. The lowest BCUT2D eigenvalue weighted by molar-refractivity contribution is -0.119. The molecule has 0 atom stereocenters. The van der Waals surface area contributed by atoms with Gasteiger partial charge in [0.05, 0.1) is 11.1 Å². The van der Waals surface area contributed by atoms with Gasteiger partial charge in [0.15, 0.2) is 6.61 Å². The molecule has 0 bridgehead atoms. The summed E-state index contributed by atoms with van der Waals surface area (Å²) in [6.07, 6.45) is 0.712. The molecule has 0 spiro atoms. The first-order chi connectivity index (χ1) is 13.4. The van der Waals surface area contributed by atoms with Crippen LogP contribution >= 0.6 is 0 Å². The van der Waals surface area contributed by atoms with Crippen LogP contribution in [0.1, 0.15) is 39.7 Å². The molecule has 1 aromatic heterocycles. The molecule has 28 heavy (non-hydrogen) atoms. The topological polar surface area (TPSA) is 68.3 Å². The summed E-state index contributed by atoms with van der Waals surface area (Å²) in [5.74, 6) is -0.879. The smallest absolute Gasteiger partial charge is 0.339 e. The second-order valence-corrected chi connectivity index (χ2v) is 6.80. The number of amides is 1. The Hall–Kier alpha value is -3.21. The SMILES string of the molecule is CCc1nc2ccccc2c(C(=O)OCC(=O)Nc2cccc(C)c2C)c1C. The molecule has 5 nitrogen and oxygen atoms in total. The van der Waals surface area contributed by atoms with Gasteiger partial charge >= 0.3 is 5.97 Å². The number of benzene rings is 2. The van der Waals surface area contributed by atoms with E-state index in [0.717, 1.165) is 39.0 Å². The van der Waals surface area contributed by atoms with Crippen molar-refractivity contribution in [2.75, 3.05) is 11.9 Å². The van der Waals surface area contributed by atoms with Gasteiger partial charge in [-0.2, -0.15) is 0 Å². The maximum Gasteiger partial charge on any atom is 0.339 e. The Kier molecular flexibility index (Phi) is 5.73. The Balaban J connectivity index is 1.79. The van der Waals surface area contributed by atoms with Gasteiger partial charge in [-0.3, -0.25) is 9.78 Å². The minimum atomic E-state index is -0.512. The van der Waals surface area contributed by atoms with Crippen molar-refractivity contribution in [3.8, 4) is 0 Å². The van der Waals surface area contributed by atoms with Crippen LogP contribution in [-0.2, 0) is 16.0 Å². The number of nitrogens with one attached hydrogen (secondary N) is 1. The quantitative estimate of drug-likeness (QED) is 0.665. The summed E-state index contributed by atoms with van der Waals surface area (Å²) in [5, 5.41) is 3.54. The minimum Gasteiger partial charge on any atom is -0.452 e. The highest BCUT2D eigenvalue weighted by Crippen LogP contribution is 2.24. The highest BCUT2D eigenvalue weighted by molar-refractivity contribution is 6.06. The van der Waals surface area contributed by atoms with Crippen molar-refractivity contribution < 1.29 is 14.3 Å². The number of ether oxygens (including phenoxy) is 1. The second-order valence-electron chi connectivity index (χ2n) is 6.80. The standard InChI is InChI=1S/C23H24N2O3/c1-5-18-16(4)22(17-10-6-7-11-20(17)24-18)23(27)28-13-21(26)25-19-12-8-9-14(2)15(19)3/h6-12H,5,13H2,1-4H3,(H,25,26). The molecule has 3 rings (SSSR count). The van der Waals surface area contributed by atoms with Crippen molar-refractivity contribution in [3.05, 3.63) is 70.4 Å². The highest BCUT2D eigenvalue weighted by atomic mass is 16.5. The number of carbonyl (C=O) groups excluding carboxylic acids is 2. The number of hydrogen-bond acceptors (Lipinski definition) is 4. The minimum absolute atomic E-state index is 0.343. The largest absolute Gasteiger partial charge is 0.452 e. The Morgan fingerprint density at radius 2 is 1.75 bits per heavy atom. The van der Waals surface area contributed by atoms with E-state index in [0.29, 0.717) is 12.0 Å². The normalized spacial score (nSPS) is 10.7. The number of esters is 1. The fraction of sp³-hybridized carbons (Fsp3) is 0.261. The number of aromatic nitrogens is 1. The summed E-state index contributed by atoms with van der Waals surface area (Å²) < 4.78 is 5.34. The lowest BCUT2D eigenvalue weighted by atomic mass is 10.0. The molecular weight excluding hydrogens is 352 g/mol. The van der Waals surface area contributed by atoms with Crippen LogP contribution in [-0.4, -0.2) is 23.5 Å². The molecule has 0 aliphatic heterocycles. The molecular formula is C23H24N2O3. The van der Waals surface area contributed by atoms with E-state index in [1.54, 1.807) is 0 Å². The van der Waals surface area contributed by atoms with Gasteiger partial charge in [0.1, 0.15) is 0 Å². The van der Waals surface area contributed by atoms with E-state index in [-0.39, 0.29) is 12.5 Å². The van der Waals surface area contributed by atoms with Crippen molar-refractivity contribution >= 4 is 28.5 Å². The first kappa shape index (κ1) is 19.5. The molecule has 0 aliphatic rings. The van der Waals surface area contributed by atoms with Crippen LogP contribution in [0.15, 0.2) is 42.5 Å². The third kappa shape index (κ3) is 3.88. The maximum atomic E-state index is 12.8. The van der Waals surface area contributed by atoms with Crippen LogP contribution < -0.4 is 5.32 Å². The molecule has 1 N–H and O–H groups in total. The maximum absolute atomic E-state index is 12.8. The number of anilines is 1. The zero-order valence-corrected chi connectivity index (χ0v) is 16.6. The Labute approximate surface area is 164 Å². The lowest BCUT2D eigenvalue weighted by Crippen LogP contribution is -2.22. The number of carbonyl (C=O) groups is 2. The molecule has 2 aromatic carbocycles. The summed E-state index contributed by atoms with van der Waals surface area (Å²) in [5.41, 5.74) is 5.66. The number of aryl methyl sites for hydroxylation is 2. The number of rotatable bonds is 5. The first-order valence-electron chi connectivity index (χ1n) is 9.33. The van der Waals surface area contributed by atoms with Crippen molar-refractivity contribution in [1.29, 1.82) is 0 Å².